The summed E-state index contributed by atoms with van der Waals surface area (Å²) in [5, 5.41) is 0. The van der Waals surface area contributed by atoms with Crippen molar-refractivity contribution in [3.05, 3.63) is 18.2 Å². The van der Waals surface area contributed by atoms with E-state index in [1.54, 1.807) is 12.1 Å². The first-order chi connectivity index (χ1) is 9.03. The molecule has 1 aromatic rings. The van der Waals surface area contributed by atoms with E-state index >= 15 is 0 Å². The maximum atomic E-state index is 11.9. The highest BCUT2D eigenvalue weighted by atomic mass is 32.2. The van der Waals surface area contributed by atoms with Crippen LogP contribution in [0, 0.1) is 5.92 Å². The van der Waals surface area contributed by atoms with Crippen LogP contribution in [0.25, 0.3) is 0 Å². The largest absolute Gasteiger partial charge is 0.492 e. The predicted molar refractivity (Wildman–Crippen MR) is 71.5 cm³/mol. The van der Waals surface area contributed by atoms with E-state index in [1.807, 2.05) is 0 Å². The minimum atomic E-state index is -3.58. The SMILES string of the molecule is CNS(=O)(=O)c1cc(N)ccc1OCC1CCOC1. The van der Waals surface area contributed by atoms with Crippen LogP contribution in [0.5, 0.6) is 5.75 Å². The van der Waals surface area contributed by atoms with Gasteiger partial charge in [0.05, 0.1) is 13.2 Å². The van der Waals surface area contributed by atoms with Gasteiger partial charge in [-0.25, -0.2) is 13.1 Å². The third-order valence-electron chi connectivity index (χ3n) is 3.02. The highest BCUT2D eigenvalue weighted by Crippen LogP contribution is 2.27. The Morgan fingerprint density at radius 3 is 2.95 bits per heavy atom. The molecule has 0 amide bonds. The molecule has 0 bridgehead atoms. The summed E-state index contributed by atoms with van der Waals surface area (Å²) in [6.45, 7) is 1.83. The molecule has 7 heteroatoms. The van der Waals surface area contributed by atoms with E-state index in [4.69, 9.17) is 15.2 Å². The van der Waals surface area contributed by atoms with Gasteiger partial charge in [-0.05, 0) is 31.7 Å². The number of nitrogens with one attached hydrogen (secondary N) is 1. The molecular formula is C12H18N2O4S. The number of sulfonamides is 1. The zero-order chi connectivity index (χ0) is 13.9. The number of nitrogens with two attached hydrogens (primary N) is 1. The van der Waals surface area contributed by atoms with Crippen molar-refractivity contribution in [2.45, 2.75) is 11.3 Å². The standard InChI is InChI=1S/C12H18N2O4S/c1-14-19(15,16)12-6-10(13)2-3-11(12)18-8-9-4-5-17-7-9/h2-3,6,9,14H,4-5,7-8,13H2,1H3. The topological polar surface area (TPSA) is 90.7 Å². The molecule has 19 heavy (non-hydrogen) atoms. The fourth-order valence-corrected chi connectivity index (χ4v) is 2.79. The van der Waals surface area contributed by atoms with E-state index in [1.165, 1.54) is 13.1 Å². The molecule has 0 spiro atoms. The lowest BCUT2D eigenvalue weighted by atomic mass is 10.1. The lowest BCUT2D eigenvalue weighted by Crippen LogP contribution is -2.21. The van der Waals surface area contributed by atoms with Gasteiger partial charge >= 0.3 is 0 Å². The van der Waals surface area contributed by atoms with Gasteiger partial charge in [-0.15, -0.1) is 0 Å². The lowest BCUT2D eigenvalue weighted by Gasteiger charge is -2.14. The first-order valence-electron chi connectivity index (χ1n) is 6.06. The average Bonchev–Trinajstić information content (AvgIpc) is 2.90. The number of nitrogen functional groups attached to an aromatic ring is 1. The van der Waals surface area contributed by atoms with E-state index in [2.05, 4.69) is 4.72 Å². The molecule has 3 N–H and O–H groups in total. The zero-order valence-electron chi connectivity index (χ0n) is 10.8. The second-order valence-electron chi connectivity index (χ2n) is 4.45. The Morgan fingerprint density at radius 1 is 1.53 bits per heavy atom. The molecule has 1 aliphatic heterocycles. The minimum absolute atomic E-state index is 0.0638. The van der Waals surface area contributed by atoms with Crippen molar-refractivity contribution >= 4 is 15.7 Å². The van der Waals surface area contributed by atoms with Crippen LogP contribution in [0.3, 0.4) is 0 Å². The molecule has 6 nitrogen and oxygen atoms in total. The summed E-state index contributed by atoms with van der Waals surface area (Å²) in [7, 11) is -2.23. The third-order valence-corrected chi connectivity index (χ3v) is 4.46. The van der Waals surface area contributed by atoms with E-state index < -0.39 is 10.0 Å². The summed E-state index contributed by atoms with van der Waals surface area (Å²) in [6, 6.07) is 4.59. The number of hydrogen-bond acceptors (Lipinski definition) is 5. The number of rotatable bonds is 5. The minimum Gasteiger partial charge on any atom is -0.492 e. The molecule has 1 unspecified atom stereocenters. The quantitative estimate of drug-likeness (QED) is 0.773. The van der Waals surface area contributed by atoms with Gasteiger partial charge in [0, 0.05) is 18.2 Å². The van der Waals surface area contributed by atoms with E-state index in [0.29, 0.717) is 30.6 Å². The van der Waals surface area contributed by atoms with Crippen LogP contribution in [0.4, 0.5) is 5.69 Å². The van der Waals surface area contributed by atoms with Crippen molar-refractivity contribution in [2.24, 2.45) is 5.92 Å². The van der Waals surface area contributed by atoms with Gasteiger partial charge in [0.15, 0.2) is 0 Å². The molecule has 1 aromatic carbocycles. The molecule has 1 aliphatic rings. The molecular weight excluding hydrogens is 268 g/mol. The Hall–Kier alpha value is -1.31. The number of benzene rings is 1. The van der Waals surface area contributed by atoms with Crippen LogP contribution >= 0.6 is 0 Å². The molecule has 1 saturated heterocycles. The maximum Gasteiger partial charge on any atom is 0.244 e. The van der Waals surface area contributed by atoms with Crippen molar-refractivity contribution < 1.29 is 17.9 Å². The summed E-state index contributed by atoms with van der Waals surface area (Å²) in [4.78, 5) is 0.0638. The Bertz CT molecular complexity index is 539. The number of ether oxygens (including phenoxy) is 2. The first kappa shape index (κ1) is 14.1. The molecule has 2 rings (SSSR count). The van der Waals surface area contributed by atoms with Crippen LogP contribution in [0.15, 0.2) is 23.1 Å². The highest BCUT2D eigenvalue weighted by molar-refractivity contribution is 7.89. The maximum absolute atomic E-state index is 11.9. The third kappa shape index (κ3) is 3.37. The fourth-order valence-electron chi connectivity index (χ4n) is 1.89. The van der Waals surface area contributed by atoms with Crippen molar-refractivity contribution in [3.8, 4) is 5.75 Å². The van der Waals surface area contributed by atoms with Crippen LogP contribution in [0.2, 0.25) is 0 Å². The summed E-state index contributed by atoms with van der Waals surface area (Å²) < 4.78 is 36.9. The van der Waals surface area contributed by atoms with Gasteiger partial charge in [0.1, 0.15) is 10.6 Å². The Balaban J connectivity index is 2.19. The molecule has 0 radical (unpaired) electrons. The summed E-state index contributed by atoms with van der Waals surface area (Å²) in [6.07, 6.45) is 0.934. The molecule has 1 heterocycles. The monoisotopic (exact) mass is 286 g/mol. The molecule has 1 atom stereocenters. The highest BCUT2D eigenvalue weighted by Gasteiger charge is 2.21. The normalized spacial score (nSPS) is 19.5. The Morgan fingerprint density at radius 2 is 2.32 bits per heavy atom. The van der Waals surface area contributed by atoms with Crippen LogP contribution in [0.1, 0.15) is 6.42 Å². The molecule has 0 saturated carbocycles. The smallest absolute Gasteiger partial charge is 0.244 e. The second kappa shape index (κ2) is 5.77. The Kier molecular flexibility index (Phi) is 4.28. The van der Waals surface area contributed by atoms with Crippen molar-refractivity contribution in [3.63, 3.8) is 0 Å². The van der Waals surface area contributed by atoms with Crippen LogP contribution < -0.4 is 15.2 Å². The van der Waals surface area contributed by atoms with Crippen molar-refractivity contribution in [1.82, 2.24) is 4.72 Å². The van der Waals surface area contributed by atoms with Gasteiger partial charge < -0.3 is 15.2 Å². The Labute approximate surface area is 112 Å². The van der Waals surface area contributed by atoms with Gasteiger partial charge in [0.25, 0.3) is 0 Å². The summed E-state index contributed by atoms with van der Waals surface area (Å²) in [5.41, 5.74) is 6.01. The van der Waals surface area contributed by atoms with E-state index in [0.717, 1.165) is 13.0 Å². The van der Waals surface area contributed by atoms with E-state index in [-0.39, 0.29) is 4.90 Å². The lowest BCUT2D eigenvalue weighted by molar-refractivity contribution is 0.166. The molecule has 0 aliphatic carbocycles. The van der Waals surface area contributed by atoms with Gasteiger partial charge in [0.2, 0.25) is 10.0 Å². The van der Waals surface area contributed by atoms with Crippen LogP contribution in [-0.2, 0) is 14.8 Å². The van der Waals surface area contributed by atoms with Crippen molar-refractivity contribution in [2.75, 3.05) is 32.6 Å². The summed E-state index contributed by atoms with van der Waals surface area (Å²) in [5.74, 6) is 0.623. The number of anilines is 1. The first-order valence-corrected chi connectivity index (χ1v) is 7.55. The van der Waals surface area contributed by atoms with E-state index in [9.17, 15) is 8.42 Å². The zero-order valence-corrected chi connectivity index (χ0v) is 11.6. The summed E-state index contributed by atoms with van der Waals surface area (Å²) >= 11 is 0. The van der Waals surface area contributed by atoms with Gasteiger partial charge in [-0.2, -0.15) is 0 Å². The fraction of sp³-hybridized carbons (Fsp3) is 0.500. The molecule has 0 aromatic heterocycles. The predicted octanol–water partition coefficient (Wildman–Crippen LogP) is 0.592. The van der Waals surface area contributed by atoms with Gasteiger partial charge in [-0.1, -0.05) is 0 Å². The second-order valence-corrected chi connectivity index (χ2v) is 6.31. The van der Waals surface area contributed by atoms with Crippen molar-refractivity contribution in [1.29, 1.82) is 0 Å². The van der Waals surface area contributed by atoms with Crippen LogP contribution in [-0.4, -0.2) is 35.3 Å². The van der Waals surface area contributed by atoms with Gasteiger partial charge in [-0.3, -0.25) is 0 Å². The number of hydrogen-bond donors (Lipinski definition) is 2. The molecule has 106 valence electrons. The molecule has 1 fully saturated rings. The average molecular weight is 286 g/mol.